The summed E-state index contributed by atoms with van der Waals surface area (Å²) in [5.74, 6) is 0.0693. The lowest BCUT2D eigenvalue weighted by molar-refractivity contribution is -0.384. The highest BCUT2D eigenvalue weighted by Gasteiger charge is 2.21. The van der Waals surface area contributed by atoms with Gasteiger partial charge in [0.1, 0.15) is 5.75 Å². The monoisotopic (exact) mass is 326 g/mol. The molecule has 0 saturated heterocycles. The zero-order valence-electron chi connectivity index (χ0n) is 12.4. The summed E-state index contributed by atoms with van der Waals surface area (Å²) in [4.78, 5) is 22.2. The summed E-state index contributed by atoms with van der Waals surface area (Å²) in [6, 6.07) is 4.13. The van der Waals surface area contributed by atoms with E-state index >= 15 is 0 Å². The van der Waals surface area contributed by atoms with Crippen LogP contribution in [-0.2, 0) is 4.79 Å². The minimum atomic E-state index is -0.708. The number of rotatable bonds is 5. The molecule has 1 aromatic carbocycles. The summed E-state index contributed by atoms with van der Waals surface area (Å²) < 4.78 is 5.52. The number of non-ortho nitro benzene ring substituents is 1. The Bertz CT molecular complexity index is 558. The molecule has 1 unspecified atom stereocenters. The van der Waals surface area contributed by atoms with Crippen LogP contribution in [0.3, 0.4) is 0 Å². The van der Waals surface area contributed by atoms with Crippen LogP contribution < -0.4 is 10.1 Å². The third kappa shape index (κ3) is 4.34. The minimum absolute atomic E-state index is 0.114. The third-order valence-electron chi connectivity index (χ3n) is 3.75. The minimum Gasteiger partial charge on any atom is -0.479 e. The Morgan fingerprint density at radius 3 is 2.68 bits per heavy atom. The second kappa shape index (κ2) is 7.45. The van der Waals surface area contributed by atoms with Crippen molar-refractivity contribution in [3.05, 3.63) is 33.3 Å². The topological polar surface area (TPSA) is 81.5 Å². The summed E-state index contributed by atoms with van der Waals surface area (Å²) in [5, 5.41) is 13.7. The van der Waals surface area contributed by atoms with E-state index in [9.17, 15) is 14.9 Å². The molecule has 0 heterocycles. The number of nitro groups is 1. The van der Waals surface area contributed by atoms with Gasteiger partial charge in [-0.3, -0.25) is 14.9 Å². The lowest BCUT2D eigenvalue weighted by Crippen LogP contribution is -2.43. The van der Waals surface area contributed by atoms with E-state index in [1.807, 2.05) is 0 Å². The average Bonchev–Trinajstić information content (AvgIpc) is 2.50. The molecule has 22 heavy (non-hydrogen) atoms. The van der Waals surface area contributed by atoms with Crippen LogP contribution >= 0.6 is 11.6 Å². The molecular formula is C15H19ClN2O4. The maximum absolute atomic E-state index is 12.1. The van der Waals surface area contributed by atoms with Crippen molar-refractivity contribution in [2.24, 2.45) is 0 Å². The van der Waals surface area contributed by atoms with E-state index in [2.05, 4.69) is 5.32 Å². The molecule has 1 N–H and O–H groups in total. The first-order chi connectivity index (χ1) is 10.5. The third-order valence-corrected chi connectivity index (χ3v) is 4.05. The van der Waals surface area contributed by atoms with Gasteiger partial charge in [0.2, 0.25) is 0 Å². The molecule has 0 aliphatic heterocycles. The summed E-state index contributed by atoms with van der Waals surface area (Å²) in [5.41, 5.74) is -0.114. The largest absolute Gasteiger partial charge is 0.479 e. The highest BCUT2D eigenvalue weighted by molar-refractivity contribution is 6.32. The van der Waals surface area contributed by atoms with Gasteiger partial charge in [-0.2, -0.15) is 0 Å². The van der Waals surface area contributed by atoms with Crippen LogP contribution in [0.5, 0.6) is 5.75 Å². The molecule has 0 aromatic heterocycles. The predicted molar refractivity (Wildman–Crippen MR) is 83.2 cm³/mol. The van der Waals surface area contributed by atoms with Crippen LogP contribution in [0.1, 0.15) is 39.0 Å². The molecule has 1 aliphatic rings. The highest BCUT2D eigenvalue weighted by Crippen LogP contribution is 2.29. The first-order valence-electron chi connectivity index (χ1n) is 7.38. The number of halogens is 1. The van der Waals surface area contributed by atoms with E-state index in [4.69, 9.17) is 16.3 Å². The molecule has 1 saturated carbocycles. The summed E-state index contributed by atoms with van der Waals surface area (Å²) in [7, 11) is 0. The summed E-state index contributed by atoms with van der Waals surface area (Å²) in [6.07, 6.45) is 4.77. The second-order valence-corrected chi connectivity index (χ2v) is 5.88. The van der Waals surface area contributed by atoms with E-state index in [0.717, 1.165) is 25.7 Å². The SMILES string of the molecule is CC(Oc1ccc([N+](=O)[O-])cc1Cl)C(=O)NC1CCCCC1. The van der Waals surface area contributed by atoms with Gasteiger partial charge in [0.25, 0.3) is 11.6 Å². The zero-order chi connectivity index (χ0) is 16.1. The number of nitrogens with one attached hydrogen (secondary N) is 1. The molecule has 6 nitrogen and oxygen atoms in total. The van der Waals surface area contributed by atoms with Gasteiger partial charge < -0.3 is 10.1 Å². The Balaban J connectivity index is 1.94. The van der Waals surface area contributed by atoms with Crippen LogP contribution in [0, 0.1) is 10.1 Å². The lowest BCUT2D eigenvalue weighted by atomic mass is 9.95. The Kier molecular flexibility index (Phi) is 5.60. The number of ether oxygens (including phenoxy) is 1. The fraction of sp³-hybridized carbons (Fsp3) is 0.533. The molecule has 1 aliphatic carbocycles. The zero-order valence-corrected chi connectivity index (χ0v) is 13.1. The smallest absolute Gasteiger partial charge is 0.271 e. The van der Waals surface area contributed by atoms with E-state index in [1.165, 1.54) is 24.6 Å². The van der Waals surface area contributed by atoms with Crippen LogP contribution in [0.2, 0.25) is 5.02 Å². The van der Waals surface area contributed by atoms with Gasteiger partial charge >= 0.3 is 0 Å². The molecule has 0 radical (unpaired) electrons. The van der Waals surface area contributed by atoms with Crippen molar-refractivity contribution in [3.8, 4) is 5.75 Å². The number of amides is 1. The molecule has 1 amide bonds. The number of nitro benzene ring substituents is 1. The van der Waals surface area contributed by atoms with Crippen molar-refractivity contribution in [2.45, 2.75) is 51.2 Å². The normalized spacial score (nSPS) is 16.8. The first-order valence-corrected chi connectivity index (χ1v) is 7.76. The fourth-order valence-corrected chi connectivity index (χ4v) is 2.73. The molecule has 0 spiro atoms. The van der Waals surface area contributed by atoms with Gasteiger partial charge in [-0.25, -0.2) is 0 Å². The molecule has 0 bridgehead atoms. The molecule has 1 fully saturated rings. The molecular weight excluding hydrogens is 308 g/mol. The molecule has 1 atom stereocenters. The predicted octanol–water partition coefficient (Wildman–Crippen LogP) is 3.46. The van der Waals surface area contributed by atoms with Crippen molar-refractivity contribution in [3.63, 3.8) is 0 Å². The maximum Gasteiger partial charge on any atom is 0.271 e. The van der Waals surface area contributed by atoms with Crippen LogP contribution in [0.15, 0.2) is 18.2 Å². The van der Waals surface area contributed by atoms with Gasteiger partial charge in [0.05, 0.1) is 9.95 Å². The standard InChI is InChI=1S/C15H19ClN2O4/c1-10(15(19)17-11-5-3-2-4-6-11)22-14-8-7-12(18(20)21)9-13(14)16/h7-11H,2-6H2,1H3,(H,17,19). The maximum atomic E-state index is 12.1. The number of carbonyl (C=O) groups excluding carboxylic acids is 1. The van der Waals surface area contributed by atoms with Gasteiger partial charge in [0.15, 0.2) is 6.10 Å². The van der Waals surface area contributed by atoms with Crippen LogP contribution in [0.25, 0.3) is 0 Å². The van der Waals surface area contributed by atoms with E-state index < -0.39 is 11.0 Å². The van der Waals surface area contributed by atoms with Gasteiger partial charge in [-0.05, 0) is 25.8 Å². The number of hydrogen-bond acceptors (Lipinski definition) is 4. The van der Waals surface area contributed by atoms with E-state index in [0.29, 0.717) is 0 Å². The van der Waals surface area contributed by atoms with Gasteiger partial charge in [-0.15, -0.1) is 0 Å². The van der Waals surface area contributed by atoms with Gasteiger partial charge in [-0.1, -0.05) is 30.9 Å². The Morgan fingerprint density at radius 2 is 2.09 bits per heavy atom. The second-order valence-electron chi connectivity index (χ2n) is 5.48. The van der Waals surface area contributed by atoms with E-state index in [1.54, 1.807) is 6.92 Å². The van der Waals surface area contributed by atoms with E-state index in [-0.39, 0.29) is 28.4 Å². The van der Waals surface area contributed by atoms with Crippen molar-refractivity contribution in [1.82, 2.24) is 5.32 Å². The molecule has 2 rings (SSSR count). The summed E-state index contributed by atoms with van der Waals surface area (Å²) in [6.45, 7) is 1.63. The van der Waals surface area contributed by atoms with Crippen molar-refractivity contribution >= 4 is 23.2 Å². The molecule has 1 aromatic rings. The Hall–Kier alpha value is -1.82. The first kappa shape index (κ1) is 16.5. The molecule has 7 heteroatoms. The van der Waals surface area contributed by atoms with Crippen LogP contribution in [0.4, 0.5) is 5.69 Å². The number of benzene rings is 1. The van der Waals surface area contributed by atoms with Crippen molar-refractivity contribution < 1.29 is 14.5 Å². The highest BCUT2D eigenvalue weighted by atomic mass is 35.5. The van der Waals surface area contributed by atoms with Crippen molar-refractivity contribution in [1.29, 1.82) is 0 Å². The molecule has 120 valence electrons. The Morgan fingerprint density at radius 1 is 1.41 bits per heavy atom. The van der Waals surface area contributed by atoms with Gasteiger partial charge in [0, 0.05) is 18.2 Å². The fourth-order valence-electron chi connectivity index (χ4n) is 2.51. The van der Waals surface area contributed by atoms with Crippen molar-refractivity contribution in [2.75, 3.05) is 0 Å². The van der Waals surface area contributed by atoms with Crippen LogP contribution in [-0.4, -0.2) is 23.0 Å². The quantitative estimate of drug-likeness (QED) is 0.663. The number of carbonyl (C=O) groups is 1. The average molecular weight is 327 g/mol. The number of nitrogens with zero attached hydrogens (tertiary/aromatic N) is 1. The number of hydrogen-bond donors (Lipinski definition) is 1. The summed E-state index contributed by atoms with van der Waals surface area (Å²) >= 11 is 5.95. The lowest BCUT2D eigenvalue weighted by Gasteiger charge is -2.24. The Labute approximate surface area is 133 Å².